The van der Waals surface area contributed by atoms with Crippen molar-refractivity contribution in [1.29, 1.82) is 0 Å². The molecule has 0 N–H and O–H groups in total. The van der Waals surface area contributed by atoms with Gasteiger partial charge in [-0.25, -0.2) is 8.42 Å². The fraction of sp³-hybridized carbons (Fsp3) is 0.312. The quantitative estimate of drug-likeness (QED) is 0.548. The van der Waals surface area contributed by atoms with E-state index in [9.17, 15) is 13.2 Å². The Morgan fingerprint density at radius 1 is 1.14 bits per heavy atom. The van der Waals surface area contributed by atoms with E-state index in [0.717, 1.165) is 12.8 Å². The van der Waals surface area contributed by atoms with Gasteiger partial charge in [0.15, 0.2) is 5.78 Å². The van der Waals surface area contributed by atoms with Gasteiger partial charge in [0.25, 0.3) is 0 Å². The Bertz CT molecular complexity index is 633. The van der Waals surface area contributed by atoms with Crippen molar-refractivity contribution in [2.45, 2.75) is 17.7 Å². The second-order valence-corrected chi connectivity index (χ2v) is 7.00. The Morgan fingerprint density at radius 2 is 1.67 bits per heavy atom. The number of carbonyl (C=O) groups excluding carboxylic acids is 1. The van der Waals surface area contributed by atoms with Crippen molar-refractivity contribution < 1.29 is 13.2 Å². The summed E-state index contributed by atoms with van der Waals surface area (Å²) in [5.41, 5.74) is 0.579. The van der Waals surface area contributed by atoms with E-state index in [-0.39, 0.29) is 29.7 Å². The lowest BCUT2D eigenvalue weighted by molar-refractivity contribution is 0.0967. The first-order valence-corrected chi connectivity index (χ1v) is 8.31. The molecule has 0 spiro atoms. The van der Waals surface area contributed by atoms with E-state index in [1.807, 2.05) is 0 Å². The van der Waals surface area contributed by atoms with Crippen LogP contribution in [0.1, 0.15) is 23.2 Å². The molecule has 0 saturated heterocycles. The lowest BCUT2D eigenvalue weighted by Crippen LogP contribution is -2.31. The fourth-order valence-electron chi connectivity index (χ4n) is 2.08. The first-order chi connectivity index (χ1) is 10.0. The lowest BCUT2D eigenvalue weighted by atomic mass is 10.1. The third-order valence-electron chi connectivity index (χ3n) is 3.39. The standard InChI is InChI=1S/C16H19NO3S/c1-3-11-17(12-4-2)21(19,20)15-9-7-14(8-10-15)16(18)13-5-6-13/h3-4,7-10,13H,1-2,5-6,11-12H2. The monoisotopic (exact) mass is 305 g/mol. The van der Waals surface area contributed by atoms with Gasteiger partial charge < -0.3 is 0 Å². The molecular weight excluding hydrogens is 286 g/mol. The summed E-state index contributed by atoms with van der Waals surface area (Å²) in [5.74, 6) is 0.235. The molecule has 5 heteroatoms. The van der Waals surface area contributed by atoms with Crippen molar-refractivity contribution in [2.75, 3.05) is 13.1 Å². The Labute approximate surface area is 125 Å². The van der Waals surface area contributed by atoms with E-state index in [0.29, 0.717) is 5.56 Å². The summed E-state index contributed by atoms with van der Waals surface area (Å²) < 4.78 is 26.3. The molecule has 0 atom stereocenters. The second-order valence-electron chi connectivity index (χ2n) is 5.06. The molecule has 0 radical (unpaired) electrons. The van der Waals surface area contributed by atoms with Gasteiger partial charge in [0.1, 0.15) is 0 Å². The zero-order chi connectivity index (χ0) is 15.5. The van der Waals surface area contributed by atoms with E-state index >= 15 is 0 Å². The van der Waals surface area contributed by atoms with Crippen LogP contribution in [-0.4, -0.2) is 31.6 Å². The molecule has 1 aliphatic carbocycles. The zero-order valence-electron chi connectivity index (χ0n) is 11.9. The smallest absolute Gasteiger partial charge is 0.243 e. The van der Waals surface area contributed by atoms with Crippen molar-refractivity contribution in [3.05, 3.63) is 55.1 Å². The van der Waals surface area contributed by atoms with Crippen LogP contribution in [0.3, 0.4) is 0 Å². The predicted octanol–water partition coefficient (Wildman–Crippen LogP) is 2.64. The topological polar surface area (TPSA) is 54.5 Å². The molecular formula is C16H19NO3S. The molecule has 0 heterocycles. The number of hydrogen-bond acceptors (Lipinski definition) is 3. The highest BCUT2D eigenvalue weighted by atomic mass is 32.2. The number of Topliss-reactive ketones (excluding diaryl/α,β-unsaturated/α-hetero) is 1. The summed E-state index contributed by atoms with van der Waals surface area (Å²) in [6.45, 7) is 7.58. The second kappa shape index (κ2) is 6.37. The number of benzene rings is 1. The molecule has 21 heavy (non-hydrogen) atoms. The van der Waals surface area contributed by atoms with Gasteiger partial charge in [0.05, 0.1) is 4.90 Å². The number of carbonyl (C=O) groups is 1. The summed E-state index contributed by atoms with van der Waals surface area (Å²) in [6.07, 6.45) is 4.94. The van der Waals surface area contributed by atoms with Crippen molar-refractivity contribution in [3.63, 3.8) is 0 Å². The maximum Gasteiger partial charge on any atom is 0.243 e. The van der Waals surface area contributed by atoms with Crippen LogP contribution in [0.15, 0.2) is 54.5 Å². The average Bonchev–Trinajstić information content (AvgIpc) is 3.31. The maximum atomic E-state index is 12.5. The number of sulfonamides is 1. The third kappa shape index (κ3) is 3.49. The van der Waals surface area contributed by atoms with Gasteiger partial charge >= 0.3 is 0 Å². The summed E-state index contributed by atoms with van der Waals surface area (Å²) in [4.78, 5) is 12.1. The van der Waals surface area contributed by atoms with Crippen LogP contribution >= 0.6 is 0 Å². The van der Waals surface area contributed by atoms with Crippen LogP contribution in [0.25, 0.3) is 0 Å². The molecule has 1 fully saturated rings. The summed E-state index contributed by atoms with van der Waals surface area (Å²) in [5, 5.41) is 0. The molecule has 1 aromatic carbocycles. The van der Waals surface area contributed by atoms with Crippen LogP contribution in [0.5, 0.6) is 0 Å². The molecule has 0 aliphatic heterocycles. The van der Waals surface area contributed by atoms with Gasteiger partial charge in [-0.3, -0.25) is 4.79 Å². The molecule has 1 saturated carbocycles. The molecule has 1 aromatic rings. The highest BCUT2D eigenvalue weighted by Crippen LogP contribution is 2.32. The number of ketones is 1. The van der Waals surface area contributed by atoms with Gasteiger partial charge in [0, 0.05) is 24.6 Å². The maximum absolute atomic E-state index is 12.5. The van der Waals surface area contributed by atoms with Crippen molar-refractivity contribution >= 4 is 15.8 Å². The van der Waals surface area contributed by atoms with Crippen LogP contribution in [0.2, 0.25) is 0 Å². The summed E-state index contributed by atoms with van der Waals surface area (Å²) in [7, 11) is -3.59. The molecule has 0 bridgehead atoms. The van der Waals surface area contributed by atoms with Gasteiger partial charge in [-0.1, -0.05) is 24.3 Å². The Balaban J connectivity index is 2.24. The van der Waals surface area contributed by atoms with Gasteiger partial charge in [-0.15, -0.1) is 13.2 Å². The largest absolute Gasteiger partial charge is 0.294 e. The first kappa shape index (κ1) is 15.7. The molecule has 0 amide bonds. The van der Waals surface area contributed by atoms with Gasteiger partial charge in [-0.2, -0.15) is 4.31 Å². The predicted molar refractivity (Wildman–Crippen MR) is 82.6 cm³/mol. The van der Waals surface area contributed by atoms with Crippen molar-refractivity contribution in [1.82, 2.24) is 4.31 Å². The molecule has 4 nitrogen and oxygen atoms in total. The van der Waals surface area contributed by atoms with E-state index in [1.165, 1.54) is 28.6 Å². The van der Waals surface area contributed by atoms with Crippen molar-refractivity contribution in [3.8, 4) is 0 Å². The van der Waals surface area contributed by atoms with Crippen LogP contribution in [0.4, 0.5) is 0 Å². The minimum absolute atomic E-state index is 0.105. The molecule has 112 valence electrons. The summed E-state index contributed by atoms with van der Waals surface area (Å²) in [6, 6.07) is 6.16. The normalized spacial score (nSPS) is 14.9. The van der Waals surface area contributed by atoms with Crippen LogP contribution in [0, 0.1) is 5.92 Å². The van der Waals surface area contributed by atoms with Gasteiger partial charge in [0.2, 0.25) is 10.0 Å². The van der Waals surface area contributed by atoms with Crippen LogP contribution < -0.4 is 0 Å². The minimum atomic E-state index is -3.59. The summed E-state index contributed by atoms with van der Waals surface area (Å²) >= 11 is 0. The first-order valence-electron chi connectivity index (χ1n) is 6.87. The lowest BCUT2D eigenvalue weighted by Gasteiger charge is -2.19. The highest BCUT2D eigenvalue weighted by molar-refractivity contribution is 7.89. The Morgan fingerprint density at radius 3 is 2.10 bits per heavy atom. The zero-order valence-corrected chi connectivity index (χ0v) is 12.7. The Kier molecular flexibility index (Phi) is 4.75. The number of nitrogens with zero attached hydrogens (tertiary/aromatic N) is 1. The molecule has 2 rings (SSSR count). The van der Waals surface area contributed by atoms with E-state index in [2.05, 4.69) is 13.2 Å². The Hall–Kier alpha value is -1.72. The average molecular weight is 305 g/mol. The molecule has 0 unspecified atom stereocenters. The van der Waals surface area contributed by atoms with E-state index < -0.39 is 10.0 Å². The fourth-order valence-corrected chi connectivity index (χ4v) is 3.46. The van der Waals surface area contributed by atoms with E-state index in [4.69, 9.17) is 0 Å². The molecule has 1 aliphatic rings. The van der Waals surface area contributed by atoms with Gasteiger partial charge in [-0.05, 0) is 25.0 Å². The van der Waals surface area contributed by atoms with Crippen molar-refractivity contribution in [2.24, 2.45) is 5.92 Å². The third-order valence-corrected chi connectivity index (χ3v) is 5.24. The highest BCUT2D eigenvalue weighted by Gasteiger charge is 2.30. The van der Waals surface area contributed by atoms with Crippen LogP contribution in [-0.2, 0) is 10.0 Å². The minimum Gasteiger partial charge on any atom is -0.294 e. The number of rotatable bonds is 8. The number of hydrogen-bond donors (Lipinski definition) is 0. The molecule has 0 aromatic heterocycles. The SMILES string of the molecule is C=CCN(CC=C)S(=O)(=O)c1ccc(C(=O)C2CC2)cc1. The van der Waals surface area contributed by atoms with E-state index in [1.54, 1.807) is 12.1 Å².